The fourth-order valence-corrected chi connectivity index (χ4v) is 5.48. The highest BCUT2D eigenvalue weighted by Gasteiger charge is 2.32. The molecule has 3 rings (SSSR count). The highest BCUT2D eigenvalue weighted by molar-refractivity contribution is 7.91. The van der Waals surface area contributed by atoms with Crippen LogP contribution in [0.4, 0.5) is 4.79 Å². The minimum absolute atomic E-state index is 0.0134. The van der Waals surface area contributed by atoms with Crippen molar-refractivity contribution in [3.05, 3.63) is 23.8 Å². The van der Waals surface area contributed by atoms with E-state index in [1.54, 1.807) is 12.0 Å². The maximum atomic E-state index is 12.8. The Hall–Kier alpha value is -1.96. The van der Waals surface area contributed by atoms with Crippen molar-refractivity contribution in [2.75, 3.05) is 31.7 Å². The minimum atomic E-state index is -2.97. The maximum Gasteiger partial charge on any atom is 0.317 e. The summed E-state index contributed by atoms with van der Waals surface area (Å²) >= 11 is 0. The number of hydrogen-bond donors (Lipinski definition) is 1. The lowest BCUT2D eigenvalue weighted by Crippen LogP contribution is -2.48. The van der Waals surface area contributed by atoms with Crippen molar-refractivity contribution in [2.45, 2.75) is 38.8 Å². The number of ether oxygens (including phenoxy) is 2. The first-order chi connectivity index (χ1) is 12.7. The van der Waals surface area contributed by atoms with Crippen molar-refractivity contribution in [3.63, 3.8) is 0 Å². The van der Waals surface area contributed by atoms with Crippen LogP contribution in [0.1, 0.15) is 32.3 Å². The largest absolute Gasteiger partial charge is 0.497 e. The average Bonchev–Trinajstić information content (AvgIpc) is 2.72. The molecule has 150 valence electrons. The number of sulfone groups is 1. The Morgan fingerprint density at radius 3 is 2.89 bits per heavy atom. The number of methoxy groups -OCH3 is 1. The van der Waals surface area contributed by atoms with Crippen molar-refractivity contribution < 1.29 is 22.7 Å². The third-order valence-electron chi connectivity index (χ3n) is 4.98. The molecule has 1 atom stereocenters. The number of hydrogen-bond acceptors (Lipinski definition) is 5. The number of carbonyl (C=O) groups excluding carboxylic acids is 1. The van der Waals surface area contributed by atoms with Crippen LogP contribution < -0.4 is 14.8 Å². The fourth-order valence-electron chi connectivity index (χ4n) is 3.70. The molecule has 1 aromatic rings. The van der Waals surface area contributed by atoms with Crippen molar-refractivity contribution in [2.24, 2.45) is 5.92 Å². The first-order valence-electron chi connectivity index (χ1n) is 9.26. The van der Waals surface area contributed by atoms with E-state index in [0.717, 1.165) is 12.0 Å². The van der Waals surface area contributed by atoms with E-state index in [9.17, 15) is 13.2 Å². The van der Waals surface area contributed by atoms with Gasteiger partial charge in [-0.25, -0.2) is 13.2 Å². The summed E-state index contributed by atoms with van der Waals surface area (Å²) in [4.78, 5) is 14.5. The van der Waals surface area contributed by atoms with Gasteiger partial charge in [-0.3, -0.25) is 0 Å². The van der Waals surface area contributed by atoms with Gasteiger partial charge in [0.2, 0.25) is 0 Å². The van der Waals surface area contributed by atoms with Gasteiger partial charge in [0.15, 0.2) is 9.84 Å². The second-order valence-electron chi connectivity index (χ2n) is 8.00. The van der Waals surface area contributed by atoms with Crippen molar-refractivity contribution in [1.29, 1.82) is 0 Å². The highest BCUT2D eigenvalue weighted by Crippen LogP contribution is 2.32. The van der Waals surface area contributed by atoms with Crippen LogP contribution in [-0.4, -0.2) is 56.7 Å². The predicted molar refractivity (Wildman–Crippen MR) is 103 cm³/mol. The molecule has 2 heterocycles. The molecule has 2 amide bonds. The number of benzene rings is 1. The van der Waals surface area contributed by atoms with Gasteiger partial charge in [0.1, 0.15) is 17.1 Å². The molecule has 7 nitrogen and oxygen atoms in total. The molecule has 1 aromatic carbocycles. The van der Waals surface area contributed by atoms with Gasteiger partial charge >= 0.3 is 6.03 Å². The van der Waals surface area contributed by atoms with Crippen LogP contribution in [0.5, 0.6) is 11.5 Å². The van der Waals surface area contributed by atoms with Crippen LogP contribution in [-0.2, 0) is 16.4 Å². The Labute approximate surface area is 160 Å². The van der Waals surface area contributed by atoms with E-state index in [0.29, 0.717) is 37.6 Å². The lowest BCUT2D eigenvalue weighted by atomic mass is 10.1. The Morgan fingerprint density at radius 2 is 2.19 bits per heavy atom. The number of carbonyl (C=O) groups is 1. The first-order valence-corrected chi connectivity index (χ1v) is 11.1. The van der Waals surface area contributed by atoms with Gasteiger partial charge in [0.05, 0.1) is 31.7 Å². The molecule has 0 unspecified atom stereocenters. The molecular formula is C19H28N2O5S. The van der Waals surface area contributed by atoms with Crippen LogP contribution in [0.2, 0.25) is 0 Å². The van der Waals surface area contributed by atoms with Crippen LogP contribution >= 0.6 is 0 Å². The number of rotatable bonds is 3. The van der Waals surface area contributed by atoms with Crippen LogP contribution in [0.15, 0.2) is 18.2 Å². The molecule has 0 saturated carbocycles. The predicted octanol–water partition coefficient (Wildman–Crippen LogP) is 2.20. The Balaban J connectivity index is 1.68. The van der Waals surface area contributed by atoms with Crippen LogP contribution in [0, 0.1) is 5.92 Å². The SMILES string of the molecule is COc1ccc2c(c1)OC(C)(C)CN(C(=O)NC[C@@H]1CCCS(=O)(=O)C1)C2. The first kappa shape index (κ1) is 19.8. The summed E-state index contributed by atoms with van der Waals surface area (Å²) in [6.07, 6.45) is 1.50. The molecule has 1 fully saturated rings. The van der Waals surface area contributed by atoms with Crippen LogP contribution in [0.3, 0.4) is 0 Å². The lowest BCUT2D eigenvalue weighted by Gasteiger charge is -2.30. The average molecular weight is 397 g/mol. The van der Waals surface area contributed by atoms with Crippen molar-refractivity contribution >= 4 is 15.9 Å². The number of nitrogens with zero attached hydrogens (tertiary/aromatic N) is 1. The zero-order chi connectivity index (χ0) is 19.7. The zero-order valence-corrected chi connectivity index (χ0v) is 17.0. The molecule has 1 N–H and O–H groups in total. The number of fused-ring (bicyclic) bond motifs is 1. The fraction of sp³-hybridized carbons (Fsp3) is 0.632. The number of nitrogens with one attached hydrogen (secondary N) is 1. The normalized spacial score (nSPS) is 23.5. The quantitative estimate of drug-likeness (QED) is 0.847. The van der Waals surface area contributed by atoms with Gasteiger partial charge < -0.3 is 19.7 Å². The van der Waals surface area contributed by atoms with Gasteiger partial charge in [0.25, 0.3) is 0 Å². The molecule has 2 aliphatic rings. The van der Waals surface area contributed by atoms with E-state index < -0.39 is 15.4 Å². The molecule has 0 aromatic heterocycles. The summed E-state index contributed by atoms with van der Waals surface area (Å²) in [5, 5.41) is 2.92. The smallest absolute Gasteiger partial charge is 0.317 e. The Kier molecular flexibility index (Phi) is 5.55. The van der Waals surface area contributed by atoms with E-state index in [2.05, 4.69) is 5.32 Å². The second-order valence-corrected chi connectivity index (χ2v) is 10.2. The number of amides is 2. The minimum Gasteiger partial charge on any atom is -0.497 e. The summed E-state index contributed by atoms with van der Waals surface area (Å²) in [7, 11) is -1.37. The van der Waals surface area contributed by atoms with E-state index in [4.69, 9.17) is 9.47 Å². The highest BCUT2D eigenvalue weighted by atomic mass is 32.2. The van der Waals surface area contributed by atoms with Gasteiger partial charge in [-0.1, -0.05) is 0 Å². The summed E-state index contributed by atoms with van der Waals surface area (Å²) in [5.41, 5.74) is 0.361. The molecule has 0 spiro atoms. The zero-order valence-electron chi connectivity index (χ0n) is 16.2. The summed E-state index contributed by atoms with van der Waals surface area (Å²) in [5.74, 6) is 1.83. The lowest BCUT2D eigenvalue weighted by molar-refractivity contribution is 0.0803. The maximum absolute atomic E-state index is 12.8. The molecule has 0 bridgehead atoms. The topological polar surface area (TPSA) is 84.9 Å². The summed E-state index contributed by atoms with van der Waals surface area (Å²) in [6.45, 7) is 5.12. The van der Waals surface area contributed by atoms with Gasteiger partial charge in [-0.2, -0.15) is 0 Å². The van der Waals surface area contributed by atoms with E-state index >= 15 is 0 Å². The summed E-state index contributed by atoms with van der Waals surface area (Å²) in [6, 6.07) is 5.40. The van der Waals surface area contributed by atoms with Crippen LogP contribution in [0.25, 0.3) is 0 Å². The Bertz CT molecular complexity index is 806. The van der Waals surface area contributed by atoms with Gasteiger partial charge in [0, 0.05) is 18.2 Å². The second kappa shape index (κ2) is 7.58. The molecule has 8 heteroatoms. The molecule has 1 saturated heterocycles. The van der Waals surface area contributed by atoms with Gasteiger partial charge in [-0.05, 0) is 44.7 Å². The van der Waals surface area contributed by atoms with Crippen molar-refractivity contribution in [3.8, 4) is 11.5 Å². The molecule has 0 aliphatic carbocycles. The van der Waals surface area contributed by atoms with Crippen molar-refractivity contribution in [1.82, 2.24) is 10.2 Å². The number of urea groups is 1. The van der Waals surface area contributed by atoms with E-state index in [1.807, 2.05) is 32.0 Å². The molecule has 27 heavy (non-hydrogen) atoms. The molecular weight excluding hydrogens is 368 g/mol. The van der Waals surface area contributed by atoms with E-state index in [1.165, 1.54) is 0 Å². The van der Waals surface area contributed by atoms with E-state index in [-0.39, 0.29) is 23.5 Å². The Morgan fingerprint density at radius 1 is 1.41 bits per heavy atom. The molecule has 2 aliphatic heterocycles. The van der Waals surface area contributed by atoms with Gasteiger partial charge in [-0.15, -0.1) is 0 Å². The summed E-state index contributed by atoms with van der Waals surface area (Å²) < 4.78 is 34.9. The molecule has 0 radical (unpaired) electrons. The third-order valence-corrected chi connectivity index (χ3v) is 6.87. The monoisotopic (exact) mass is 396 g/mol. The standard InChI is InChI=1S/C19H28N2O5S/c1-19(2)13-21(11-15-6-7-16(25-3)9-17(15)26-19)18(22)20-10-14-5-4-8-27(23,24)12-14/h6-7,9,14H,4-5,8,10-13H2,1-3H3,(H,20,22)/t14-/m0/s1. The third kappa shape index (κ3) is 5.06.